The van der Waals surface area contributed by atoms with Gasteiger partial charge >= 0.3 is 0 Å². The third-order valence-electron chi connectivity index (χ3n) is 5.60. The van der Waals surface area contributed by atoms with E-state index < -0.39 is 0 Å². The third kappa shape index (κ3) is 6.09. The molecular weight excluding hydrogens is 477 g/mol. The molecule has 1 saturated heterocycles. The molecule has 0 aromatic heterocycles. The van der Waals surface area contributed by atoms with Gasteiger partial charge in [0.25, 0.3) is 0 Å². The lowest BCUT2D eigenvalue weighted by molar-refractivity contribution is 0.0512. The maximum Gasteiger partial charge on any atom is 0.191 e. The Morgan fingerprint density at radius 1 is 1.07 bits per heavy atom. The molecule has 29 heavy (non-hydrogen) atoms. The van der Waals surface area contributed by atoms with Crippen molar-refractivity contribution in [2.24, 2.45) is 4.99 Å². The summed E-state index contributed by atoms with van der Waals surface area (Å²) in [4.78, 5) is 4.41. The van der Waals surface area contributed by atoms with Gasteiger partial charge in [-0.3, -0.25) is 4.99 Å². The highest BCUT2D eigenvalue weighted by atomic mass is 127. The Morgan fingerprint density at radius 3 is 2.38 bits per heavy atom. The Labute approximate surface area is 191 Å². The minimum absolute atomic E-state index is 0. The summed E-state index contributed by atoms with van der Waals surface area (Å²) in [5.41, 5.74) is 4.01. The quantitative estimate of drug-likeness (QED) is 0.351. The fraction of sp³-hybridized carbons (Fsp3) is 0.435. The summed E-state index contributed by atoms with van der Waals surface area (Å²) in [5.74, 6) is 1.68. The van der Waals surface area contributed by atoms with E-state index in [2.05, 4.69) is 58.9 Å². The van der Waals surface area contributed by atoms with E-state index in [1.54, 1.807) is 7.11 Å². The summed E-state index contributed by atoms with van der Waals surface area (Å²) in [6.07, 6.45) is 2.03. The van der Waals surface area contributed by atoms with Crippen molar-refractivity contribution in [1.29, 1.82) is 0 Å². The van der Waals surface area contributed by atoms with Crippen LogP contribution in [0.25, 0.3) is 0 Å². The number of hydrogen-bond donors (Lipinski definition) is 2. The van der Waals surface area contributed by atoms with Gasteiger partial charge in [0.05, 0.1) is 7.11 Å². The topological polar surface area (TPSA) is 54.9 Å². The highest BCUT2D eigenvalue weighted by Gasteiger charge is 2.35. The molecule has 5 nitrogen and oxygen atoms in total. The van der Waals surface area contributed by atoms with Crippen LogP contribution < -0.4 is 15.4 Å². The Balaban J connectivity index is 0.00000300. The van der Waals surface area contributed by atoms with Crippen LogP contribution >= 0.6 is 24.0 Å². The van der Waals surface area contributed by atoms with Gasteiger partial charge in [-0.15, -0.1) is 24.0 Å². The fourth-order valence-corrected chi connectivity index (χ4v) is 3.87. The second-order valence-corrected chi connectivity index (χ2v) is 7.34. The maximum absolute atomic E-state index is 5.66. The first-order chi connectivity index (χ1) is 13.7. The largest absolute Gasteiger partial charge is 0.497 e. The third-order valence-corrected chi connectivity index (χ3v) is 5.60. The molecule has 1 aliphatic rings. The van der Waals surface area contributed by atoms with Gasteiger partial charge in [0, 0.05) is 38.8 Å². The summed E-state index contributed by atoms with van der Waals surface area (Å²) >= 11 is 0. The molecule has 2 N–H and O–H groups in total. The second kappa shape index (κ2) is 11.4. The van der Waals surface area contributed by atoms with Gasteiger partial charge in [0.2, 0.25) is 0 Å². The Bertz CT molecular complexity index is 787. The lowest BCUT2D eigenvalue weighted by atomic mass is 9.72. The van der Waals surface area contributed by atoms with Crippen LogP contribution in [-0.2, 0) is 16.7 Å². The monoisotopic (exact) mass is 509 g/mol. The van der Waals surface area contributed by atoms with Crippen molar-refractivity contribution in [3.63, 3.8) is 0 Å². The molecule has 0 unspecified atom stereocenters. The summed E-state index contributed by atoms with van der Waals surface area (Å²) in [7, 11) is 3.49. The summed E-state index contributed by atoms with van der Waals surface area (Å²) in [6.45, 7) is 5.35. The van der Waals surface area contributed by atoms with Crippen LogP contribution in [-0.4, -0.2) is 39.9 Å². The zero-order chi connectivity index (χ0) is 19.8. The van der Waals surface area contributed by atoms with E-state index in [9.17, 15) is 0 Å². The molecule has 0 spiro atoms. The van der Waals surface area contributed by atoms with Gasteiger partial charge in [0.15, 0.2) is 5.96 Å². The SMILES string of the molecule is CN=C(NCc1ccc(OC)cc1)NCC1(c2ccccc2C)CCOCC1.I. The molecule has 0 aliphatic carbocycles. The van der Waals surface area contributed by atoms with E-state index in [-0.39, 0.29) is 29.4 Å². The first-order valence-corrected chi connectivity index (χ1v) is 9.88. The average Bonchev–Trinajstić information content (AvgIpc) is 2.75. The van der Waals surface area contributed by atoms with Gasteiger partial charge < -0.3 is 20.1 Å². The van der Waals surface area contributed by atoms with Gasteiger partial charge in [-0.2, -0.15) is 0 Å². The highest BCUT2D eigenvalue weighted by Crippen LogP contribution is 2.36. The number of hydrogen-bond acceptors (Lipinski definition) is 3. The normalized spacial score (nSPS) is 15.9. The molecule has 0 radical (unpaired) electrons. The Hall–Kier alpha value is -1.80. The molecule has 0 atom stereocenters. The van der Waals surface area contributed by atoms with Crippen molar-refractivity contribution in [3.05, 3.63) is 65.2 Å². The molecule has 0 bridgehead atoms. The van der Waals surface area contributed by atoms with E-state index in [4.69, 9.17) is 9.47 Å². The van der Waals surface area contributed by atoms with E-state index in [0.29, 0.717) is 6.54 Å². The van der Waals surface area contributed by atoms with E-state index in [1.807, 2.05) is 19.2 Å². The number of guanidine groups is 1. The predicted octanol–water partition coefficient (Wildman–Crippen LogP) is 4.04. The maximum atomic E-state index is 5.66. The van der Waals surface area contributed by atoms with Crippen molar-refractivity contribution in [2.45, 2.75) is 31.7 Å². The predicted molar refractivity (Wildman–Crippen MR) is 130 cm³/mol. The summed E-state index contributed by atoms with van der Waals surface area (Å²) in [6, 6.07) is 16.8. The first kappa shape index (κ1) is 23.5. The van der Waals surface area contributed by atoms with E-state index in [1.165, 1.54) is 16.7 Å². The van der Waals surface area contributed by atoms with Crippen LogP contribution in [0, 0.1) is 6.92 Å². The molecule has 1 heterocycles. The molecule has 1 fully saturated rings. The number of nitrogens with one attached hydrogen (secondary N) is 2. The van der Waals surface area contributed by atoms with Crippen molar-refractivity contribution in [3.8, 4) is 5.75 Å². The number of aliphatic imine (C=N–C) groups is 1. The van der Waals surface area contributed by atoms with Crippen LogP contribution in [0.3, 0.4) is 0 Å². The lowest BCUT2D eigenvalue weighted by Gasteiger charge is -2.39. The van der Waals surface area contributed by atoms with Crippen LogP contribution in [0.1, 0.15) is 29.5 Å². The number of rotatable bonds is 6. The van der Waals surface area contributed by atoms with Crippen LogP contribution in [0.2, 0.25) is 0 Å². The minimum atomic E-state index is 0. The van der Waals surface area contributed by atoms with Crippen molar-refractivity contribution in [2.75, 3.05) is 33.9 Å². The second-order valence-electron chi connectivity index (χ2n) is 7.34. The molecule has 0 amide bonds. The van der Waals surface area contributed by atoms with Crippen molar-refractivity contribution >= 4 is 29.9 Å². The number of benzene rings is 2. The Kier molecular flexibility index (Phi) is 9.23. The Morgan fingerprint density at radius 2 is 1.76 bits per heavy atom. The van der Waals surface area contributed by atoms with E-state index in [0.717, 1.165) is 44.3 Å². The number of aryl methyl sites for hydroxylation is 1. The minimum Gasteiger partial charge on any atom is -0.497 e. The standard InChI is InChI=1S/C23H31N3O2.HI/c1-18-6-4-5-7-21(18)23(12-14-28-15-13-23)17-26-22(24-2)25-16-19-8-10-20(27-3)11-9-19;/h4-11H,12-17H2,1-3H3,(H2,24,25,26);1H. The molecule has 1 aliphatic heterocycles. The lowest BCUT2D eigenvalue weighted by Crippen LogP contribution is -2.48. The number of nitrogens with zero attached hydrogens (tertiary/aromatic N) is 1. The number of ether oxygens (including phenoxy) is 2. The molecule has 2 aromatic carbocycles. The number of methoxy groups -OCH3 is 1. The summed E-state index contributed by atoms with van der Waals surface area (Å²) in [5, 5.41) is 6.97. The zero-order valence-corrected chi connectivity index (χ0v) is 19.9. The smallest absolute Gasteiger partial charge is 0.191 e. The molecule has 3 rings (SSSR count). The highest BCUT2D eigenvalue weighted by molar-refractivity contribution is 14.0. The van der Waals surface area contributed by atoms with Crippen molar-refractivity contribution < 1.29 is 9.47 Å². The molecule has 2 aromatic rings. The van der Waals surface area contributed by atoms with Gasteiger partial charge in [-0.05, 0) is 48.6 Å². The van der Waals surface area contributed by atoms with Crippen LogP contribution in [0.4, 0.5) is 0 Å². The summed E-state index contributed by atoms with van der Waals surface area (Å²) < 4.78 is 10.9. The van der Waals surface area contributed by atoms with Gasteiger partial charge in [-0.1, -0.05) is 36.4 Å². The van der Waals surface area contributed by atoms with Crippen LogP contribution in [0.15, 0.2) is 53.5 Å². The molecule has 6 heteroatoms. The van der Waals surface area contributed by atoms with Gasteiger partial charge in [0.1, 0.15) is 5.75 Å². The van der Waals surface area contributed by atoms with Crippen molar-refractivity contribution in [1.82, 2.24) is 10.6 Å². The average molecular weight is 509 g/mol. The van der Waals surface area contributed by atoms with E-state index >= 15 is 0 Å². The van der Waals surface area contributed by atoms with Crippen LogP contribution in [0.5, 0.6) is 5.75 Å². The molecule has 0 saturated carbocycles. The fourth-order valence-electron chi connectivity index (χ4n) is 3.87. The molecular formula is C23H32IN3O2. The number of halogens is 1. The molecule has 158 valence electrons. The first-order valence-electron chi connectivity index (χ1n) is 9.88. The van der Waals surface area contributed by atoms with Gasteiger partial charge in [-0.25, -0.2) is 0 Å². The zero-order valence-electron chi connectivity index (χ0n) is 17.5.